The van der Waals surface area contributed by atoms with Crippen LogP contribution < -0.4 is 11.1 Å². The SMILES string of the molecule is CC(C)(C(=O)Nc1cc(Cl)ccc1Cl)c1ccc(N)cc1. The van der Waals surface area contributed by atoms with Crippen LogP contribution >= 0.6 is 23.2 Å². The van der Waals surface area contributed by atoms with Crippen molar-refractivity contribution >= 4 is 40.5 Å². The smallest absolute Gasteiger partial charge is 0.234 e. The maximum absolute atomic E-state index is 12.5. The number of carbonyl (C=O) groups excluding carboxylic acids is 1. The standard InChI is InChI=1S/C16H16Cl2N2O/c1-16(2,10-3-6-12(19)7-4-10)15(21)20-14-9-11(17)5-8-13(14)18/h3-9H,19H2,1-2H3,(H,20,21). The molecule has 2 aromatic rings. The lowest BCUT2D eigenvalue weighted by atomic mass is 9.83. The van der Waals surface area contributed by atoms with Gasteiger partial charge in [-0.05, 0) is 49.7 Å². The molecule has 2 rings (SSSR count). The third-order valence-corrected chi connectivity index (χ3v) is 3.94. The zero-order chi connectivity index (χ0) is 15.6. The molecule has 0 unspecified atom stereocenters. The average Bonchev–Trinajstić information content (AvgIpc) is 2.43. The molecule has 2 aromatic carbocycles. The van der Waals surface area contributed by atoms with Crippen LogP contribution in [0.15, 0.2) is 42.5 Å². The average molecular weight is 323 g/mol. The molecule has 0 heterocycles. The van der Waals surface area contributed by atoms with Gasteiger partial charge in [-0.2, -0.15) is 0 Å². The summed E-state index contributed by atoms with van der Waals surface area (Å²) >= 11 is 12.0. The Morgan fingerprint density at radius 2 is 1.71 bits per heavy atom. The molecule has 0 saturated carbocycles. The molecule has 3 N–H and O–H groups in total. The van der Waals surface area contributed by atoms with Crippen molar-refractivity contribution in [2.24, 2.45) is 0 Å². The Labute approximate surface area is 134 Å². The fraction of sp³-hybridized carbons (Fsp3) is 0.188. The van der Waals surface area contributed by atoms with Crippen LogP contribution in [0.3, 0.4) is 0 Å². The number of benzene rings is 2. The van der Waals surface area contributed by atoms with Crippen molar-refractivity contribution < 1.29 is 4.79 Å². The van der Waals surface area contributed by atoms with Gasteiger partial charge in [-0.15, -0.1) is 0 Å². The van der Waals surface area contributed by atoms with Crippen molar-refractivity contribution in [1.82, 2.24) is 0 Å². The number of carbonyl (C=O) groups is 1. The highest BCUT2D eigenvalue weighted by molar-refractivity contribution is 6.35. The second kappa shape index (κ2) is 5.96. The van der Waals surface area contributed by atoms with E-state index in [0.29, 0.717) is 21.4 Å². The highest BCUT2D eigenvalue weighted by Gasteiger charge is 2.30. The second-order valence-corrected chi connectivity index (χ2v) is 6.17. The van der Waals surface area contributed by atoms with Crippen molar-refractivity contribution in [1.29, 1.82) is 0 Å². The van der Waals surface area contributed by atoms with Crippen molar-refractivity contribution in [2.75, 3.05) is 11.1 Å². The molecule has 5 heteroatoms. The highest BCUT2D eigenvalue weighted by Crippen LogP contribution is 2.29. The van der Waals surface area contributed by atoms with Gasteiger partial charge in [-0.25, -0.2) is 0 Å². The highest BCUT2D eigenvalue weighted by atomic mass is 35.5. The minimum atomic E-state index is -0.723. The van der Waals surface area contributed by atoms with Gasteiger partial charge in [-0.1, -0.05) is 35.3 Å². The van der Waals surface area contributed by atoms with E-state index in [1.807, 2.05) is 26.0 Å². The van der Waals surface area contributed by atoms with E-state index in [-0.39, 0.29) is 5.91 Å². The fourth-order valence-corrected chi connectivity index (χ4v) is 2.24. The summed E-state index contributed by atoms with van der Waals surface area (Å²) in [4.78, 5) is 12.5. The molecular weight excluding hydrogens is 307 g/mol. The quantitative estimate of drug-likeness (QED) is 0.818. The Hall–Kier alpha value is -1.71. The van der Waals surface area contributed by atoms with Crippen LogP contribution in [0.2, 0.25) is 10.0 Å². The third-order valence-electron chi connectivity index (χ3n) is 3.38. The van der Waals surface area contributed by atoms with Gasteiger partial charge in [0.05, 0.1) is 16.1 Å². The number of nitrogens with one attached hydrogen (secondary N) is 1. The number of anilines is 2. The van der Waals surface area contributed by atoms with Crippen LogP contribution in [0.1, 0.15) is 19.4 Å². The molecule has 1 amide bonds. The number of hydrogen-bond acceptors (Lipinski definition) is 2. The summed E-state index contributed by atoms with van der Waals surface area (Å²) in [5.41, 5.74) is 6.98. The van der Waals surface area contributed by atoms with Crippen LogP contribution in [0.25, 0.3) is 0 Å². The van der Waals surface area contributed by atoms with Crippen molar-refractivity contribution in [2.45, 2.75) is 19.3 Å². The normalized spacial score (nSPS) is 11.2. The maximum atomic E-state index is 12.5. The van der Waals surface area contributed by atoms with Gasteiger partial charge in [0.15, 0.2) is 0 Å². The van der Waals surface area contributed by atoms with Crippen molar-refractivity contribution in [3.05, 3.63) is 58.1 Å². The molecule has 0 bridgehead atoms. The zero-order valence-corrected chi connectivity index (χ0v) is 13.3. The van der Waals surface area contributed by atoms with Gasteiger partial charge in [0.1, 0.15) is 0 Å². The van der Waals surface area contributed by atoms with Gasteiger partial charge in [0.25, 0.3) is 0 Å². The van der Waals surface area contributed by atoms with Gasteiger partial charge in [-0.3, -0.25) is 4.79 Å². The van der Waals surface area contributed by atoms with E-state index in [1.165, 1.54) is 0 Å². The molecule has 0 fully saturated rings. The monoisotopic (exact) mass is 322 g/mol. The maximum Gasteiger partial charge on any atom is 0.234 e. The lowest BCUT2D eigenvalue weighted by Crippen LogP contribution is -2.34. The largest absolute Gasteiger partial charge is 0.399 e. The number of nitrogens with two attached hydrogens (primary N) is 1. The lowest BCUT2D eigenvalue weighted by molar-refractivity contribution is -0.120. The molecule has 0 atom stereocenters. The van der Waals surface area contributed by atoms with E-state index in [2.05, 4.69) is 5.32 Å². The molecule has 0 aliphatic heterocycles. The minimum Gasteiger partial charge on any atom is -0.399 e. The van der Waals surface area contributed by atoms with Crippen molar-refractivity contribution in [3.8, 4) is 0 Å². The molecule has 110 valence electrons. The first-order valence-corrected chi connectivity index (χ1v) is 7.19. The van der Waals surface area contributed by atoms with Crippen LogP contribution in [-0.4, -0.2) is 5.91 Å². The number of halogens is 2. The molecule has 0 aliphatic carbocycles. The summed E-state index contributed by atoms with van der Waals surface area (Å²) in [6.07, 6.45) is 0. The Morgan fingerprint density at radius 1 is 1.10 bits per heavy atom. The van der Waals surface area contributed by atoms with E-state index in [4.69, 9.17) is 28.9 Å². The van der Waals surface area contributed by atoms with E-state index in [1.54, 1.807) is 30.3 Å². The lowest BCUT2D eigenvalue weighted by Gasteiger charge is -2.24. The summed E-state index contributed by atoms with van der Waals surface area (Å²) in [5, 5.41) is 3.78. The van der Waals surface area contributed by atoms with Gasteiger partial charge in [0.2, 0.25) is 5.91 Å². The van der Waals surface area contributed by atoms with E-state index in [9.17, 15) is 4.79 Å². The van der Waals surface area contributed by atoms with Crippen LogP contribution in [-0.2, 0) is 10.2 Å². The second-order valence-electron chi connectivity index (χ2n) is 5.33. The molecule has 0 aliphatic rings. The van der Waals surface area contributed by atoms with Crippen LogP contribution in [0.4, 0.5) is 11.4 Å². The molecule has 0 saturated heterocycles. The van der Waals surface area contributed by atoms with E-state index < -0.39 is 5.41 Å². The predicted octanol–water partition coefficient (Wildman–Crippen LogP) is 4.49. The third kappa shape index (κ3) is 3.49. The summed E-state index contributed by atoms with van der Waals surface area (Å²) in [6.45, 7) is 3.68. The molecule has 0 aromatic heterocycles. The summed E-state index contributed by atoms with van der Waals surface area (Å²) < 4.78 is 0. The number of hydrogen-bond donors (Lipinski definition) is 2. The molecule has 0 radical (unpaired) electrons. The first-order chi connectivity index (χ1) is 9.80. The van der Waals surface area contributed by atoms with Crippen molar-refractivity contribution in [3.63, 3.8) is 0 Å². The number of rotatable bonds is 3. The first-order valence-electron chi connectivity index (χ1n) is 6.43. The van der Waals surface area contributed by atoms with Gasteiger partial charge >= 0.3 is 0 Å². The van der Waals surface area contributed by atoms with Gasteiger partial charge < -0.3 is 11.1 Å². The molecule has 21 heavy (non-hydrogen) atoms. The van der Waals surface area contributed by atoms with Crippen LogP contribution in [0.5, 0.6) is 0 Å². The zero-order valence-electron chi connectivity index (χ0n) is 11.8. The van der Waals surface area contributed by atoms with Gasteiger partial charge in [0, 0.05) is 10.7 Å². The fourth-order valence-electron chi connectivity index (χ4n) is 1.90. The van der Waals surface area contributed by atoms with Crippen LogP contribution in [0, 0.1) is 0 Å². The van der Waals surface area contributed by atoms with E-state index >= 15 is 0 Å². The molecule has 0 spiro atoms. The minimum absolute atomic E-state index is 0.170. The van der Waals surface area contributed by atoms with E-state index in [0.717, 1.165) is 5.56 Å². The summed E-state index contributed by atoms with van der Waals surface area (Å²) in [7, 11) is 0. The Balaban J connectivity index is 2.26. The Bertz CT molecular complexity index is 666. The number of amides is 1. The Kier molecular flexibility index (Phi) is 4.45. The number of nitrogen functional groups attached to an aromatic ring is 1. The summed E-state index contributed by atoms with van der Waals surface area (Å²) in [6, 6.07) is 12.2. The summed E-state index contributed by atoms with van der Waals surface area (Å²) in [5.74, 6) is -0.170. The topological polar surface area (TPSA) is 55.1 Å². The molecule has 3 nitrogen and oxygen atoms in total. The Morgan fingerprint density at radius 3 is 2.33 bits per heavy atom. The molecular formula is C16H16Cl2N2O. The first kappa shape index (κ1) is 15.7. The predicted molar refractivity (Wildman–Crippen MR) is 89.0 cm³/mol.